The number of ether oxygens (including phenoxy) is 1. The van der Waals surface area contributed by atoms with Crippen LogP contribution in [0.1, 0.15) is 35.0 Å². The largest absolute Gasteiger partial charge is 0.452 e. The average molecular weight is 429 g/mol. The van der Waals surface area contributed by atoms with Gasteiger partial charge in [0.2, 0.25) is 5.91 Å². The molecule has 3 amide bonds. The Labute approximate surface area is 177 Å². The number of imide groups is 1. The lowest BCUT2D eigenvalue weighted by molar-refractivity contribution is -0.126. The van der Waals surface area contributed by atoms with Gasteiger partial charge in [-0.15, -0.1) is 0 Å². The van der Waals surface area contributed by atoms with Crippen LogP contribution < -0.4 is 5.32 Å². The van der Waals surface area contributed by atoms with Crippen molar-refractivity contribution in [1.82, 2.24) is 15.2 Å². The van der Waals surface area contributed by atoms with Crippen LogP contribution in [0.5, 0.6) is 0 Å². The highest BCUT2D eigenvalue weighted by Crippen LogP contribution is 2.32. The zero-order chi connectivity index (χ0) is 21.3. The summed E-state index contributed by atoms with van der Waals surface area (Å²) in [7, 11) is 0. The van der Waals surface area contributed by atoms with Crippen LogP contribution in [-0.4, -0.2) is 58.4 Å². The molecule has 0 saturated carbocycles. The normalized spacial score (nSPS) is 18.6. The highest BCUT2D eigenvalue weighted by molar-refractivity contribution is 8.14. The molecule has 0 spiro atoms. The van der Waals surface area contributed by atoms with E-state index in [1.165, 1.54) is 11.3 Å². The van der Waals surface area contributed by atoms with Crippen molar-refractivity contribution in [2.24, 2.45) is 5.92 Å². The van der Waals surface area contributed by atoms with E-state index in [1.807, 2.05) is 12.1 Å². The second-order valence-corrected chi connectivity index (χ2v) is 8.64. The van der Waals surface area contributed by atoms with Crippen molar-refractivity contribution in [2.45, 2.75) is 26.2 Å². The van der Waals surface area contributed by atoms with Gasteiger partial charge in [0, 0.05) is 29.7 Å². The van der Waals surface area contributed by atoms with Crippen molar-refractivity contribution < 1.29 is 23.9 Å². The first-order valence-electron chi connectivity index (χ1n) is 9.97. The van der Waals surface area contributed by atoms with Gasteiger partial charge in [-0.2, -0.15) is 0 Å². The molecule has 2 aromatic rings. The third kappa shape index (κ3) is 4.21. The number of thioether (sulfide) groups is 1. The fourth-order valence-electron chi connectivity index (χ4n) is 3.89. The number of aryl methyl sites for hydroxylation is 1. The number of fused-ring (bicyclic) bond motifs is 3. The van der Waals surface area contributed by atoms with Gasteiger partial charge in [-0.25, -0.2) is 4.79 Å². The molecule has 1 aliphatic heterocycles. The lowest BCUT2D eigenvalue weighted by Crippen LogP contribution is -2.38. The van der Waals surface area contributed by atoms with Crippen molar-refractivity contribution in [2.75, 3.05) is 25.4 Å². The Morgan fingerprint density at radius 3 is 2.93 bits per heavy atom. The minimum Gasteiger partial charge on any atom is -0.452 e. The highest BCUT2D eigenvalue weighted by Gasteiger charge is 2.29. The molecule has 2 N–H and O–H groups in total. The first-order valence-corrected chi connectivity index (χ1v) is 11.0. The molecule has 8 nitrogen and oxygen atoms in total. The van der Waals surface area contributed by atoms with Crippen LogP contribution in [0.25, 0.3) is 10.9 Å². The molecule has 1 aliphatic carbocycles. The number of carbonyl (C=O) groups excluding carboxylic acids is 4. The molecule has 4 rings (SSSR count). The third-order valence-corrected chi connectivity index (χ3v) is 6.36. The fraction of sp³-hybridized carbons (Fsp3) is 0.429. The molecule has 0 bridgehead atoms. The van der Waals surface area contributed by atoms with E-state index in [9.17, 15) is 19.2 Å². The molecular weight excluding hydrogens is 406 g/mol. The molecule has 1 aromatic carbocycles. The number of nitrogens with one attached hydrogen (secondary N) is 2. The summed E-state index contributed by atoms with van der Waals surface area (Å²) in [6.07, 6.45) is 3.15. The van der Waals surface area contributed by atoms with Gasteiger partial charge in [0.25, 0.3) is 11.1 Å². The van der Waals surface area contributed by atoms with Gasteiger partial charge in [0.1, 0.15) is 0 Å². The number of benzene rings is 1. The summed E-state index contributed by atoms with van der Waals surface area (Å²) in [5, 5.41) is 3.28. The van der Waals surface area contributed by atoms with E-state index in [0.29, 0.717) is 11.5 Å². The predicted molar refractivity (Wildman–Crippen MR) is 112 cm³/mol. The van der Waals surface area contributed by atoms with Gasteiger partial charge in [-0.05, 0) is 48.9 Å². The summed E-state index contributed by atoms with van der Waals surface area (Å²) in [5.74, 6) is -0.558. The van der Waals surface area contributed by atoms with E-state index in [-0.39, 0.29) is 30.0 Å². The van der Waals surface area contributed by atoms with Crippen LogP contribution in [0, 0.1) is 5.92 Å². The van der Waals surface area contributed by atoms with Gasteiger partial charge in [-0.1, -0.05) is 18.7 Å². The Bertz CT molecular complexity index is 1020. The SMILES string of the molecule is C[C@H]1CCc2[nH]c3ccc(C(=O)OCC(=O)NCCN4C(=O)CSC4=O)cc3c2C1. The molecule has 2 heterocycles. The first-order chi connectivity index (χ1) is 14.4. The number of carbonyl (C=O) groups is 4. The van der Waals surface area contributed by atoms with E-state index in [0.717, 1.165) is 46.8 Å². The highest BCUT2D eigenvalue weighted by atomic mass is 32.2. The van der Waals surface area contributed by atoms with Crippen molar-refractivity contribution in [3.05, 3.63) is 35.0 Å². The van der Waals surface area contributed by atoms with Gasteiger partial charge in [0.15, 0.2) is 6.61 Å². The summed E-state index contributed by atoms with van der Waals surface area (Å²) in [6, 6.07) is 5.39. The third-order valence-electron chi connectivity index (χ3n) is 5.50. The minimum absolute atomic E-state index is 0.109. The van der Waals surface area contributed by atoms with E-state index in [1.54, 1.807) is 6.07 Å². The standard InChI is InChI=1S/C21H23N3O5S/c1-12-2-4-16-14(8-12)15-9-13(3-5-17(15)23-16)20(27)29-10-18(25)22-6-7-24-19(26)11-30-21(24)28/h3,5,9,12,23H,2,4,6-8,10-11H2,1H3,(H,22,25)/t12-/m0/s1. The van der Waals surface area contributed by atoms with E-state index < -0.39 is 18.5 Å². The number of rotatable bonds is 6. The number of H-pyrrole nitrogens is 1. The number of amides is 3. The van der Waals surface area contributed by atoms with Crippen molar-refractivity contribution >= 4 is 45.7 Å². The number of esters is 1. The number of nitrogens with zero attached hydrogens (tertiary/aromatic N) is 1. The molecule has 0 unspecified atom stereocenters. The first kappa shape index (κ1) is 20.5. The number of aromatic nitrogens is 1. The number of hydrogen-bond acceptors (Lipinski definition) is 6. The topological polar surface area (TPSA) is 109 Å². The summed E-state index contributed by atoms with van der Waals surface area (Å²) in [5.41, 5.74) is 3.91. The molecule has 9 heteroatoms. The smallest absolute Gasteiger partial charge is 0.338 e. The lowest BCUT2D eigenvalue weighted by atomic mass is 9.87. The van der Waals surface area contributed by atoms with Gasteiger partial charge < -0.3 is 15.0 Å². The number of hydrogen-bond donors (Lipinski definition) is 2. The number of aromatic amines is 1. The Balaban J connectivity index is 1.31. The van der Waals surface area contributed by atoms with Crippen LogP contribution in [0.4, 0.5) is 4.79 Å². The summed E-state index contributed by atoms with van der Waals surface area (Å²) >= 11 is 0.947. The molecule has 1 fully saturated rings. The molecule has 2 aliphatic rings. The van der Waals surface area contributed by atoms with Crippen LogP contribution in [-0.2, 0) is 27.2 Å². The van der Waals surface area contributed by atoms with Crippen molar-refractivity contribution in [3.63, 3.8) is 0 Å². The molecule has 1 atom stereocenters. The molecule has 1 aromatic heterocycles. The van der Waals surface area contributed by atoms with E-state index >= 15 is 0 Å². The van der Waals surface area contributed by atoms with Crippen LogP contribution in [0.2, 0.25) is 0 Å². The Morgan fingerprint density at radius 1 is 1.33 bits per heavy atom. The Hall–Kier alpha value is -2.81. The molecule has 30 heavy (non-hydrogen) atoms. The van der Waals surface area contributed by atoms with Gasteiger partial charge in [0.05, 0.1) is 11.3 Å². The van der Waals surface area contributed by atoms with Crippen LogP contribution in [0.15, 0.2) is 18.2 Å². The molecule has 158 valence electrons. The molecule has 1 saturated heterocycles. The van der Waals surface area contributed by atoms with Gasteiger partial charge in [-0.3, -0.25) is 19.3 Å². The van der Waals surface area contributed by atoms with Crippen LogP contribution in [0.3, 0.4) is 0 Å². The van der Waals surface area contributed by atoms with Gasteiger partial charge >= 0.3 is 5.97 Å². The maximum absolute atomic E-state index is 12.4. The predicted octanol–water partition coefficient (Wildman–Crippen LogP) is 2.26. The maximum Gasteiger partial charge on any atom is 0.338 e. The average Bonchev–Trinajstić information content (AvgIpc) is 3.25. The lowest BCUT2D eigenvalue weighted by Gasteiger charge is -2.18. The summed E-state index contributed by atoms with van der Waals surface area (Å²) in [4.78, 5) is 51.9. The Morgan fingerprint density at radius 2 is 2.17 bits per heavy atom. The summed E-state index contributed by atoms with van der Waals surface area (Å²) < 4.78 is 5.13. The van der Waals surface area contributed by atoms with Crippen molar-refractivity contribution in [1.29, 1.82) is 0 Å². The Kier molecular flexibility index (Phi) is 5.80. The maximum atomic E-state index is 12.4. The quantitative estimate of drug-likeness (QED) is 0.682. The fourth-order valence-corrected chi connectivity index (χ4v) is 4.64. The second-order valence-electron chi connectivity index (χ2n) is 7.72. The molecule has 0 radical (unpaired) electrons. The summed E-state index contributed by atoms with van der Waals surface area (Å²) in [6.45, 7) is 2.04. The van der Waals surface area contributed by atoms with E-state index in [2.05, 4.69) is 17.2 Å². The van der Waals surface area contributed by atoms with Crippen molar-refractivity contribution in [3.8, 4) is 0 Å². The second kappa shape index (κ2) is 8.51. The molecular formula is C21H23N3O5S. The zero-order valence-electron chi connectivity index (χ0n) is 16.7. The monoisotopic (exact) mass is 429 g/mol. The van der Waals surface area contributed by atoms with E-state index in [4.69, 9.17) is 4.74 Å². The van der Waals surface area contributed by atoms with Crippen LogP contribution >= 0.6 is 11.8 Å². The zero-order valence-corrected chi connectivity index (χ0v) is 17.5. The minimum atomic E-state index is -0.563.